The molecule has 1 aromatic carbocycles. The highest BCUT2D eigenvalue weighted by molar-refractivity contribution is 5.89. The normalized spacial score (nSPS) is 20.1. The second-order valence-electron chi connectivity index (χ2n) is 4.54. The van der Waals surface area contributed by atoms with Crippen molar-refractivity contribution < 1.29 is 4.79 Å². The van der Waals surface area contributed by atoms with Crippen LogP contribution in [0.5, 0.6) is 0 Å². The van der Waals surface area contributed by atoms with E-state index in [-0.39, 0.29) is 12.1 Å². The largest absolute Gasteiger partial charge is 0.322 e. The minimum Gasteiger partial charge on any atom is -0.319 e. The van der Waals surface area contributed by atoms with Crippen LogP contribution in [0.3, 0.4) is 0 Å². The molecule has 4 nitrogen and oxygen atoms in total. The molecule has 2 rings (SSSR count). The zero-order valence-corrected chi connectivity index (χ0v) is 10.4. The van der Waals surface area contributed by atoms with E-state index in [1.165, 1.54) is 5.56 Å². The van der Waals surface area contributed by atoms with Gasteiger partial charge in [-0.3, -0.25) is 0 Å². The van der Waals surface area contributed by atoms with Gasteiger partial charge < -0.3 is 15.5 Å². The van der Waals surface area contributed by atoms with E-state index in [9.17, 15) is 4.79 Å². The van der Waals surface area contributed by atoms with Crippen LogP contribution < -0.4 is 10.6 Å². The van der Waals surface area contributed by atoms with Crippen molar-refractivity contribution in [3.63, 3.8) is 0 Å². The topological polar surface area (TPSA) is 44.4 Å². The van der Waals surface area contributed by atoms with Gasteiger partial charge in [0.2, 0.25) is 0 Å². The Kier molecular flexibility index (Phi) is 3.64. The van der Waals surface area contributed by atoms with Crippen LogP contribution in [0, 0.1) is 6.92 Å². The average molecular weight is 233 g/mol. The molecule has 0 unspecified atom stereocenters. The second-order valence-corrected chi connectivity index (χ2v) is 4.54. The molecule has 0 bridgehead atoms. The maximum absolute atomic E-state index is 12.0. The summed E-state index contributed by atoms with van der Waals surface area (Å²) in [5.74, 6) is 0. The molecule has 1 saturated heterocycles. The zero-order valence-electron chi connectivity index (χ0n) is 10.4. The number of benzene rings is 1. The molecule has 92 valence electrons. The third-order valence-corrected chi connectivity index (χ3v) is 3.06. The van der Waals surface area contributed by atoms with E-state index >= 15 is 0 Å². The van der Waals surface area contributed by atoms with E-state index in [1.807, 2.05) is 36.1 Å². The number of aryl methyl sites for hydroxylation is 1. The van der Waals surface area contributed by atoms with Crippen molar-refractivity contribution in [3.8, 4) is 0 Å². The Hall–Kier alpha value is -1.55. The van der Waals surface area contributed by atoms with Gasteiger partial charge in [0.25, 0.3) is 0 Å². The van der Waals surface area contributed by atoms with Crippen LogP contribution in [0.15, 0.2) is 24.3 Å². The fraction of sp³-hybridized carbons (Fsp3) is 0.462. The molecule has 17 heavy (non-hydrogen) atoms. The van der Waals surface area contributed by atoms with Crippen LogP contribution in [-0.2, 0) is 0 Å². The molecule has 0 saturated carbocycles. The summed E-state index contributed by atoms with van der Waals surface area (Å²) >= 11 is 0. The summed E-state index contributed by atoms with van der Waals surface area (Å²) in [6.07, 6.45) is 0. The first-order valence-electron chi connectivity index (χ1n) is 6.02. The molecule has 1 aromatic rings. The Morgan fingerprint density at radius 1 is 1.41 bits per heavy atom. The van der Waals surface area contributed by atoms with Gasteiger partial charge in [0.15, 0.2) is 0 Å². The van der Waals surface area contributed by atoms with Gasteiger partial charge in [0, 0.05) is 31.4 Å². The number of nitrogens with zero attached hydrogens (tertiary/aromatic N) is 1. The van der Waals surface area contributed by atoms with Crippen molar-refractivity contribution in [1.82, 2.24) is 10.2 Å². The lowest BCUT2D eigenvalue weighted by Crippen LogP contribution is -2.53. The molecule has 2 amide bonds. The molecule has 2 N–H and O–H groups in total. The van der Waals surface area contributed by atoms with Crippen LogP contribution in [0.25, 0.3) is 0 Å². The van der Waals surface area contributed by atoms with Gasteiger partial charge in [-0.05, 0) is 26.0 Å². The Morgan fingerprint density at radius 2 is 2.12 bits per heavy atom. The van der Waals surface area contributed by atoms with E-state index in [0.717, 1.165) is 25.3 Å². The van der Waals surface area contributed by atoms with E-state index in [0.29, 0.717) is 0 Å². The minimum atomic E-state index is -0.0112. The Balaban J connectivity index is 1.98. The van der Waals surface area contributed by atoms with Crippen molar-refractivity contribution in [2.45, 2.75) is 19.9 Å². The molecule has 1 aliphatic heterocycles. The molecule has 4 heteroatoms. The second kappa shape index (κ2) is 5.19. The number of hydrogen-bond donors (Lipinski definition) is 2. The maximum Gasteiger partial charge on any atom is 0.322 e. The number of piperazine rings is 1. The summed E-state index contributed by atoms with van der Waals surface area (Å²) in [5.41, 5.74) is 2.05. The Labute approximate surface area is 102 Å². The smallest absolute Gasteiger partial charge is 0.319 e. The fourth-order valence-corrected chi connectivity index (χ4v) is 1.97. The van der Waals surface area contributed by atoms with Crippen molar-refractivity contribution in [2.75, 3.05) is 25.0 Å². The maximum atomic E-state index is 12.0. The number of rotatable bonds is 1. The van der Waals surface area contributed by atoms with Crippen molar-refractivity contribution >= 4 is 11.7 Å². The third-order valence-electron chi connectivity index (χ3n) is 3.06. The predicted octanol–water partition coefficient (Wildman–Crippen LogP) is 1.82. The van der Waals surface area contributed by atoms with Gasteiger partial charge in [0.1, 0.15) is 0 Å². The van der Waals surface area contributed by atoms with Gasteiger partial charge in [-0.2, -0.15) is 0 Å². The Morgan fingerprint density at radius 3 is 2.76 bits per heavy atom. The van der Waals surface area contributed by atoms with Crippen LogP contribution in [0.4, 0.5) is 10.5 Å². The van der Waals surface area contributed by atoms with Gasteiger partial charge in [-0.25, -0.2) is 4.79 Å². The van der Waals surface area contributed by atoms with E-state index < -0.39 is 0 Å². The van der Waals surface area contributed by atoms with Crippen LogP contribution in [0.2, 0.25) is 0 Å². The van der Waals surface area contributed by atoms with Crippen LogP contribution in [0.1, 0.15) is 12.5 Å². The highest BCUT2D eigenvalue weighted by Gasteiger charge is 2.22. The number of carbonyl (C=O) groups excluding carboxylic acids is 1. The highest BCUT2D eigenvalue weighted by atomic mass is 16.2. The van der Waals surface area contributed by atoms with Crippen molar-refractivity contribution in [3.05, 3.63) is 29.8 Å². The number of nitrogens with one attached hydrogen (secondary N) is 2. The summed E-state index contributed by atoms with van der Waals surface area (Å²) in [6, 6.07) is 8.09. The fourth-order valence-electron chi connectivity index (χ4n) is 1.97. The monoisotopic (exact) mass is 233 g/mol. The summed E-state index contributed by atoms with van der Waals surface area (Å²) in [4.78, 5) is 13.9. The van der Waals surface area contributed by atoms with Crippen LogP contribution in [-0.4, -0.2) is 36.6 Å². The van der Waals surface area contributed by atoms with Gasteiger partial charge >= 0.3 is 6.03 Å². The summed E-state index contributed by atoms with van der Waals surface area (Å²) in [5, 5.41) is 6.20. The lowest BCUT2D eigenvalue weighted by Gasteiger charge is -2.33. The molecular formula is C13H19N3O. The molecule has 0 aromatic heterocycles. The number of anilines is 1. The minimum absolute atomic E-state index is 0.0112. The first-order chi connectivity index (χ1) is 8.16. The average Bonchev–Trinajstić information content (AvgIpc) is 2.32. The van der Waals surface area contributed by atoms with Gasteiger partial charge in [-0.15, -0.1) is 0 Å². The molecule has 0 aliphatic carbocycles. The third kappa shape index (κ3) is 2.97. The van der Waals surface area contributed by atoms with E-state index in [4.69, 9.17) is 0 Å². The molecule has 1 heterocycles. The van der Waals surface area contributed by atoms with E-state index in [2.05, 4.69) is 17.6 Å². The molecule has 0 radical (unpaired) electrons. The zero-order chi connectivity index (χ0) is 12.3. The summed E-state index contributed by atoms with van der Waals surface area (Å²) in [6.45, 7) is 6.58. The number of hydrogen-bond acceptors (Lipinski definition) is 2. The van der Waals surface area contributed by atoms with Crippen LogP contribution >= 0.6 is 0 Å². The van der Waals surface area contributed by atoms with Crippen molar-refractivity contribution in [2.24, 2.45) is 0 Å². The summed E-state index contributed by atoms with van der Waals surface area (Å²) < 4.78 is 0. The molecule has 1 atom stereocenters. The number of amides is 2. The molecule has 0 spiro atoms. The SMILES string of the molecule is Cc1ccc(NC(=O)N2CCNC[C@@H]2C)cc1. The summed E-state index contributed by atoms with van der Waals surface area (Å²) in [7, 11) is 0. The standard InChI is InChI=1S/C13H19N3O/c1-10-3-5-12(6-4-10)15-13(17)16-8-7-14-9-11(16)2/h3-6,11,14H,7-9H2,1-2H3,(H,15,17)/t11-/m0/s1. The first kappa shape index (κ1) is 11.9. The van der Waals surface area contributed by atoms with E-state index in [1.54, 1.807) is 0 Å². The predicted molar refractivity (Wildman–Crippen MR) is 69.2 cm³/mol. The molecular weight excluding hydrogens is 214 g/mol. The van der Waals surface area contributed by atoms with Gasteiger partial charge in [-0.1, -0.05) is 17.7 Å². The van der Waals surface area contributed by atoms with Gasteiger partial charge in [0.05, 0.1) is 0 Å². The lowest BCUT2D eigenvalue weighted by molar-refractivity contribution is 0.177. The number of carbonyl (C=O) groups is 1. The lowest BCUT2D eigenvalue weighted by atomic mass is 10.2. The molecule has 1 fully saturated rings. The number of urea groups is 1. The first-order valence-corrected chi connectivity index (χ1v) is 6.02. The molecule has 1 aliphatic rings. The quantitative estimate of drug-likeness (QED) is 0.777. The highest BCUT2D eigenvalue weighted by Crippen LogP contribution is 2.11. The Bertz CT molecular complexity index is 388. The van der Waals surface area contributed by atoms with Crippen molar-refractivity contribution in [1.29, 1.82) is 0 Å².